The van der Waals surface area contributed by atoms with Gasteiger partial charge in [-0.15, -0.1) is 11.3 Å². The standard InChI is InChI=1S/C18H24N2O2S/c1-12(2)14-5-7-15(8-6-14)17-19-9-16(23-17)11-20(4)10-13(3)18(21)22/h5-9,12-13H,10-11H2,1-4H3,(H,21,22). The highest BCUT2D eigenvalue weighted by atomic mass is 32.1. The topological polar surface area (TPSA) is 53.4 Å². The van der Waals surface area contributed by atoms with Gasteiger partial charge in [-0.1, -0.05) is 45.0 Å². The van der Waals surface area contributed by atoms with Gasteiger partial charge in [-0.05, 0) is 18.5 Å². The Bertz CT molecular complexity index is 649. The average Bonchev–Trinajstić information content (AvgIpc) is 2.95. The molecule has 0 radical (unpaired) electrons. The van der Waals surface area contributed by atoms with Crippen LogP contribution in [0.5, 0.6) is 0 Å². The molecule has 0 spiro atoms. The lowest BCUT2D eigenvalue weighted by Crippen LogP contribution is -2.27. The van der Waals surface area contributed by atoms with Crippen molar-refractivity contribution < 1.29 is 9.90 Å². The lowest BCUT2D eigenvalue weighted by Gasteiger charge is -2.17. The molecule has 2 aromatic rings. The minimum absolute atomic E-state index is 0.365. The molecule has 23 heavy (non-hydrogen) atoms. The van der Waals surface area contributed by atoms with E-state index in [0.717, 1.165) is 22.0 Å². The van der Waals surface area contributed by atoms with Gasteiger partial charge in [0.15, 0.2) is 0 Å². The van der Waals surface area contributed by atoms with Crippen molar-refractivity contribution in [2.24, 2.45) is 5.92 Å². The SMILES string of the molecule is CC(CN(C)Cc1cnc(-c2ccc(C(C)C)cc2)s1)C(=O)O. The van der Waals surface area contributed by atoms with Crippen molar-refractivity contribution >= 4 is 17.3 Å². The van der Waals surface area contributed by atoms with Gasteiger partial charge in [0.1, 0.15) is 5.01 Å². The minimum Gasteiger partial charge on any atom is -0.481 e. The van der Waals surface area contributed by atoms with Crippen molar-refractivity contribution in [3.8, 4) is 10.6 Å². The number of benzene rings is 1. The van der Waals surface area contributed by atoms with Gasteiger partial charge in [0.2, 0.25) is 0 Å². The van der Waals surface area contributed by atoms with E-state index >= 15 is 0 Å². The second-order valence-corrected chi connectivity index (χ2v) is 7.46. The molecule has 0 bridgehead atoms. The van der Waals surface area contributed by atoms with E-state index < -0.39 is 5.97 Å². The maximum absolute atomic E-state index is 10.9. The second kappa shape index (κ2) is 7.70. The molecule has 0 aliphatic heterocycles. The molecule has 1 N–H and O–H groups in total. The summed E-state index contributed by atoms with van der Waals surface area (Å²) in [6, 6.07) is 8.55. The van der Waals surface area contributed by atoms with Crippen molar-refractivity contribution in [2.75, 3.05) is 13.6 Å². The fourth-order valence-corrected chi connectivity index (χ4v) is 3.40. The van der Waals surface area contributed by atoms with Gasteiger partial charge >= 0.3 is 5.97 Å². The van der Waals surface area contributed by atoms with Crippen molar-refractivity contribution in [1.82, 2.24) is 9.88 Å². The summed E-state index contributed by atoms with van der Waals surface area (Å²) in [5, 5.41) is 9.98. The molecule has 0 fully saturated rings. The molecule has 0 aliphatic carbocycles. The molecule has 1 aromatic heterocycles. The summed E-state index contributed by atoms with van der Waals surface area (Å²) in [4.78, 5) is 18.6. The predicted octanol–water partition coefficient (Wildman–Crippen LogP) is 4.09. The Hall–Kier alpha value is -1.72. The van der Waals surface area contributed by atoms with Crippen LogP contribution in [0.15, 0.2) is 30.5 Å². The molecule has 2 rings (SSSR count). The molecule has 1 unspecified atom stereocenters. The lowest BCUT2D eigenvalue weighted by atomic mass is 10.0. The zero-order chi connectivity index (χ0) is 17.0. The van der Waals surface area contributed by atoms with Crippen molar-refractivity contribution in [1.29, 1.82) is 0 Å². The van der Waals surface area contributed by atoms with Gasteiger partial charge < -0.3 is 10.0 Å². The maximum Gasteiger partial charge on any atom is 0.307 e. The summed E-state index contributed by atoms with van der Waals surface area (Å²) in [5.41, 5.74) is 2.46. The Balaban J connectivity index is 2.01. The number of thiazole rings is 1. The maximum atomic E-state index is 10.9. The summed E-state index contributed by atoms with van der Waals surface area (Å²) in [7, 11) is 1.94. The zero-order valence-corrected chi connectivity index (χ0v) is 14.9. The third-order valence-electron chi connectivity index (χ3n) is 3.81. The molecule has 5 heteroatoms. The lowest BCUT2D eigenvalue weighted by molar-refractivity contribution is -0.141. The van der Waals surface area contributed by atoms with Crippen LogP contribution in [-0.2, 0) is 11.3 Å². The molecule has 1 atom stereocenters. The first kappa shape index (κ1) is 17.6. The van der Waals surface area contributed by atoms with E-state index in [9.17, 15) is 4.79 Å². The number of aromatic nitrogens is 1. The van der Waals surface area contributed by atoms with Crippen LogP contribution in [0.1, 0.15) is 37.1 Å². The van der Waals surface area contributed by atoms with Crippen LogP contribution in [0.2, 0.25) is 0 Å². The van der Waals surface area contributed by atoms with Crippen LogP contribution in [0.25, 0.3) is 10.6 Å². The Kier molecular flexibility index (Phi) is 5.91. The van der Waals surface area contributed by atoms with Gasteiger partial charge in [0.25, 0.3) is 0 Å². The number of rotatable bonds is 7. The molecule has 4 nitrogen and oxygen atoms in total. The fraction of sp³-hybridized carbons (Fsp3) is 0.444. The largest absolute Gasteiger partial charge is 0.481 e. The molecular weight excluding hydrogens is 308 g/mol. The molecule has 0 amide bonds. The van der Waals surface area contributed by atoms with E-state index in [4.69, 9.17) is 5.11 Å². The zero-order valence-electron chi connectivity index (χ0n) is 14.1. The predicted molar refractivity (Wildman–Crippen MR) is 94.8 cm³/mol. The Morgan fingerprint density at radius 3 is 2.48 bits per heavy atom. The van der Waals surface area contributed by atoms with Crippen LogP contribution in [0.4, 0.5) is 0 Å². The molecule has 124 valence electrons. The molecule has 0 aliphatic rings. The van der Waals surface area contributed by atoms with Crippen molar-refractivity contribution in [2.45, 2.75) is 33.2 Å². The third-order valence-corrected chi connectivity index (χ3v) is 4.84. The summed E-state index contributed by atoms with van der Waals surface area (Å²) < 4.78 is 0. The Morgan fingerprint density at radius 1 is 1.26 bits per heavy atom. The third kappa shape index (κ3) is 4.88. The molecular formula is C18H24N2O2S. The first-order valence-electron chi connectivity index (χ1n) is 7.83. The van der Waals surface area contributed by atoms with E-state index in [0.29, 0.717) is 12.5 Å². The minimum atomic E-state index is -0.757. The Labute approximate surface area is 141 Å². The molecule has 1 heterocycles. The van der Waals surface area contributed by atoms with Crippen LogP contribution in [0.3, 0.4) is 0 Å². The highest BCUT2D eigenvalue weighted by molar-refractivity contribution is 7.15. The van der Waals surface area contributed by atoms with Gasteiger partial charge in [-0.2, -0.15) is 0 Å². The highest BCUT2D eigenvalue weighted by Crippen LogP contribution is 2.27. The number of nitrogens with zero attached hydrogens (tertiary/aromatic N) is 2. The van der Waals surface area contributed by atoms with E-state index in [-0.39, 0.29) is 5.92 Å². The molecule has 1 aromatic carbocycles. The van der Waals surface area contributed by atoms with Crippen LogP contribution in [0, 0.1) is 5.92 Å². The van der Waals surface area contributed by atoms with E-state index in [1.807, 2.05) is 18.1 Å². The first-order valence-corrected chi connectivity index (χ1v) is 8.65. The smallest absolute Gasteiger partial charge is 0.307 e. The van der Waals surface area contributed by atoms with Gasteiger partial charge in [0, 0.05) is 29.7 Å². The average molecular weight is 332 g/mol. The summed E-state index contributed by atoms with van der Waals surface area (Å²) >= 11 is 1.66. The number of carboxylic acid groups (broad SMARTS) is 1. The monoisotopic (exact) mass is 332 g/mol. The molecule has 0 saturated carbocycles. The van der Waals surface area contributed by atoms with Crippen molar-refractivity contribution in [3.63, 3.8) is 0 Å². The van der Waals surface area contributed by atoms with Gasteiger partial charge in [-0.3, -0.25) is 4.79 Å². The number of aliphatic carboxylic acids is 1. The van der Waals surface area contributed by atoms with E-state index in [1.165, 1.54) is 5.56 Å². The number of hydrogen-bond acceptors (Lipinski definition) is 4. The summed E-state index contributed by atoms with van der Waals surface area (Å²) in [6.45, 7) is 7.35. The van der Waals surface area contributed by atoms with Crippen LogP contribution >= 0.6 is 11.3 Å². The van der Waals surface area contributed by atoms with Gasteiger partial charge in [0.05, 0.1) is 5.92 Å². The first-order chi connectivity index (χ1) is 10.9. The summed E-state index contributed by atoms with van der Waals surface area (Å²) in [6.07, 6.45) is 1.89. The summed E-state index contributed by atoms with van der Waals surface area (Å²) in [5.74, 6) is -0.594. The van der Waals surface area contributed by atoms with Crippen LogP contribution < -0.4 is 0 Å². The quantitative estimate of drug-likeness (QED) is 0.830. The fourth-order valence-electron chi connectivity index (χ4n) is 2.40. The van der Waals surface area contributed by atoms with Gasteiger partial charge in [-0.25, -0.2) is 4.98 Å². The van der Waals surface area contributed by atoms with Crippen molar-refractivity contribution in [3.05, 3.63) is 40.9 Å². The number of carboxylic acids is 1. The Morgan fingerprint density at radius 2 is 1.91 bits per heavy atom. The normalized spacial score (nSPS) is 12.8. The second-order valence-electron chi connectivity index (χ2n) is 6.34. The number of hydrogen-bond donors (Lipinski definition) is 1. The number of carbonyl (C=O) groups is 1. The van der Waals surface area contributed by atoms with E-state index in [2.05, 4.69) is 43.1 Å². The van der Waals surface area contributed by atoms with E-state index in [1.54, 1.807) is 18.3 Å². The highest BCUT2D eigenvalue weighted by Gasteiger charge is 2.14. The molecule has 0 saturated heterocycles. The van der Waals surface area contributed by atoms with Crippen LogP contribution in [-0.4, -0.2) is 34.6 Å².